The summed E-state index contributed by atoms with van der Waals surface area (Å²) in [4.78, 5) is 24.0. The molecular formula is C12H25N3O3. The van der Waals surface area contributed by atoms with E-state index in [9.17, 15) is 9.59 Å². The predicted molar refractivity (Wildman–Crippen MR) is 70.6 cm³/mol. The normalized spacial score (nSPS) is 12.6. The summed E-state index contributed by atoms with van der Waals surface area (Å²) < 4.78 is 0. The number of carbonyl (C=O) groups is 2. The minimum absolute atomic E-state index is 0.0660. The maximum absolute atomic E-state index is 11.4. The number of aliphatic carboxylic acids is 1. The summed E-state index contributed by atoms with van der Waals surface area (Å²) in [5.74, 6) is -0.915. The molecule has 0 aliphatic rings. The van der Waals surface area contributed by atoms with E-state index in [2.05, 4.69) is 29.4 Å². The molecule has 0 heterocycles. The Morgan fingerprint density at radius 2 is 1.89 bits per heavy atom. The highest BCUT2D eigenvalue weighted by atomic mass is 16.4. The van der Waals surface area contributed by atoms with Gasteiger partial charge in [0.1, 0.15) is 0 Å². The fourth-order valence-electron chi connectivity index (χ4n) is 1.38. The van der Waals surface area contributed by atoms with E-state index in [1.165, 1.54) is 0 Å². The van der Waals surface area contributed by atoms with Gasteiger partial charge in [0.2, 0.25) is 0 Å². The maximum Gasteiger partial charge on any atom is 0.315 e. The van der Waals surface area contributed by atoms with Crippen LogP contribution in [-0.2, 0) is 4.79 Å². The lowest BCUT2D eigenvalue weighted by Gasteiger charge is -2.20. The summed E-state index contributed by atoms with van der Waals surface area (Å²) in [6.45, 7) is 7.41. The molecule has 3 N–H and O–H groups in total. The van der Waals surface area contributed by atoms with Crippen molar-refractivity contribution in [2.45, 2.75) is 45.7 Å². The summed E-state index contributed by atoms with van der Waals surface area (Å²) in [5, 5.41) is 13.8. The Balaban J connectivity index is 3.62. The van der Waals surface area contributed by atoms with Crippen molar-refractivity contribution in [3.63, 3.8) is 0 Å². The Morgan fingerprint density at radius 3 is 2.39 bits per heavy atom. The highest BCUT2D eigenvalue weighted by Gasteiger charge is 2.10. The number of hydrogen-bond donors (Lipinski definition) is 3. The fraction of sp³-hybridized carbons (Fsp3) is 0.833. The third-order valence-electron chi connectivity index (χ3n) is 2.71. The second kappa shape index (κ2) is 8.74. The van der Waals surface area contributed by atoms with Gasteiger partial charge in [0.15, 0.2) is 0 Å². The van der Waals surface area contributed by atoms with E-state index in [4.69, 9.17) is 5.11 Å². The second-order valence-electron chi connectivity index (χ2n) is 4.83. The lowest BCUT2D eigenvalue weighted by atomic mass is 10.2. The zero-order valence-electron chi connectivity index (χ0n) is 11.7. The number of carbonyl (C=O) groups excluding carboxylic acids is 1. The zero-order chi connectivity index (χ0) is 14.1. The van der Waals surface area contributed by atoms with Gasteiger partial charge in [-0.25, -0.2) is 4.79 Å². The molecule has 1 atom stereocenters. The SMILES string of the molecule is CC(CC(=O)O)NC(=O)NCCCN(C)C(C)C. The number of hydrogen-bond acceptors (Lipinski definition) is 3. The minimum atomic E-state index is -0.915. The van der Waals surface area contributed by atoms with Crippen molar-refractivity contribution in [1.29, 1.82) is 0 Å². The molecule has 0 radical (unpaired) electrons. The molecule has 0 aliphatic heterocycles. The third-order valence-corrected chi connectivity index (χ3v) is 2.71. The van der Waals surface area contributed by atoms with Crippen LogP contribution < -0.4 is 10.6 Å². The number of nitrogens with zero attached hydrogens (tertiary/aromatic N) is 1. The molecule has 0 aromatic carbocycles. The summed E-state index contributed by atoms with van der Waals surface area (Å²) >= 11 is 0. The van der Waals surface area contributed by atoms with E-state index in [1.54, 1.807) is 6.92 Å². The quantitative estimate of drug-likeness (QED) is 0.565. The van der Waals surface area contributed by atoms with Gasteiger partial charge < -0.3 is 20.6 Å². The van der Waals surface area contributed by atoms with Crippen LogP contribution in [-0.4, -0.2) is 54.2 Å². The molecule has 0 rings (SSSR count). The second-order valence-corrected chi connectivity index (χ2v) is 4.83. The molecule has 0 aromatic heterocycles. The number of amides is 2. The fourth-order valence-corrected chi connectivity index (χ4v) is 1.38. The highest BCUT2D eigenvalue weighted by molar-refractivity contribution is 5.75. The van der Waals surface area contributed by atoms with Crippen molar-refractivity contribution in [3.8, 4) is 0 Å². The van der Waals surface area contributed by atoms with Crippen molar-refractivity contribution in [1.82, 2.24) is 15.5 Å². The largest absolute Gasteiger partial charge is 0.481 e. The van der Waals surface area contributed by atoms with Crippen LogP contribution in [0.1, 0.15) is 33.6 Å². The molecule has 6 nitrogen and oxygen atoms in total. The molecule has 1 unspecified atom stereocenters. The molecule has 18 heavy (non-hydrogen) atoms. The molecule has 0 fully saturated rings. The van der Waals surface area contributed by atoms with Crippen molar-refractivity contribution in [3.05, 3.63) is 0 Å². The number of carboxylic acid groups (broad SMARTS) is 1. The molecular weight excluding hydrogens is 234 g/mol. The monoisotopic (exact) mass is 259 g/mol. The smallest absolute Gasteiger partial charge is 0.315 e. The molecule has 0 bridgehead atoms. The summed E-state index contributed by atoms with van der Waals surface area (Å²) in [7, 11) is 2.04. The van der Waals surface area contributed by atoms with Crippen molar-refractivity contribution >= 4 is 12.0 Å². The van der Waals surface area contributed by atoms with Crippen molar-refractivity contribution in [2.75, 3.05) is 20.1 Å². The van der Waals surface area contributed by atoms with E-state index < -0.39 is 5.97 Å². The van der Waals surface area contributed by atoms with Gasteiger partial charge >= 0.3 is 12.0 Å². The number of nitrogens with one attached hydrogen (secondary N) is 2. The third kappa shape index (κ3) is 8.81. The Morgan fingerprint density at radius 1 is 1.28 bits per heavy atom. The number of carboxylic acids is 1. The van der Waals surface area contributed by atoms with Crippen LogP contribution in [0.15, 0.2) is 0 Å². The van der Waals surface area contributed by atoms with Crippen LogP contribution in [0.2, 0.25) is 0 Å². The first-order chi connectivity index (χ1) is 8.32. The Labute approximate surface area is 109 Å². The highest BCUT2D eigenvalue weighted by Crippen LogP contribution is 1.94. The molecule has 0 saturated heterocycles. The number of rotatable bonds is 8. The molecule has 0 spiro atoms. The van der Waals surface area contributed by atoms with Crippen LogP contribution in [0.4, 0.5) is 4.79 Å². The molecule has 0 aliphatic carbocycles. The van der Waals surface area contributed by atoms with E-state index in [-0.39, 0.29) is 18.5 Å². The van der Waals surface area contributed by atoms with E-state index in [1.807, 2.05) is 7.05 Å². The van der Waals surface area contributed by atoms with Gasteiger partial charge in [-0.3, -0.25) is 4.79 Å². The van der Waals surface area contributed by atoms with Gasteiger partial charge in [-0.15, -0.1) is 0 Å². The lowest BCUT2D eigenvalue weighted by molar-refractivity contribution is -0.137. The summed E-state index contributed by atoms with van der Waals surface area (Å²) in [5.41, 5.74) is 0. The van der Waals surface area contributed by atoms with E-state index >= 15 is 0 Å². The van der Waals surface area contributed by atoms with Gasteiger partial charge in [0.05, 0.1) is 6.42 Å². The minimum Gasteiger partial charge on any atom is -0.481 e. The van der Waals surface area contributed by atoms with Crippen molar-refractivity contribution < 1.29 is 14.7 Å². The topological polar surface area (TPSA) is 81.7 Å². The van der Waals surface area contributed by atoms with Crippen LogP contribution in [0.3, 0.4) is 0 Å². The summed E-state index contributed by atoms with van der Waals surface area (Å²) in [6.07, 6.45) is 0.804. The van der Waals surface area contributed by atoms with Gasteiger partial charge in [-0.2, -0.15) is 0 Å². The van der Waals surface area contributed by atoms with Gasteiger partial charge in [0, 0.05) is 18.6 Å². The van der Waals surface area contributed by atoms with Crippen LogP contribution in [0.25, 0.3) is 0 Å². The maximum atomic E-state index is 11.4. The van der Waals surface area contributed by atoms with Crippen LogP contribution in [0, 0.1) is 0 Å². The Bertz CT molecular complexity index is 269. The van der Waals surface area contributed by atoms with E-state index in [0.29, 0.717) is 12.6 Å². The molecule has 0 aromatic rings. The first kappa shape index (κ1) is 16.7. The first-order valence-corrected chi connectivity index (χ1v) is 6.29. The Hall–Kier alpha value is -1.30. The average Bonchev–Trinajstić information content (AvgIpc) is 2.22. The standard InChI is InChI=1S/C12H25N3O3/c1-9(2)15(4)7-5-6-13-12(18)14-10(3)8-11(16)17/h9-10H,5-8H2,1-4H3,(H,16,17)(H2,13,14,18). The zero-order valence-corrected chi connectivity index (χ0v) is 11.7. The number of urea groups is 1. The van der Waals surface area contributed by atoms with Gasteiger partial charge in [-0.05, 0) is 40.8 Å². The van der Waals surface area contributed by atoms with E-state index in [0.717, 1.165) is 13.0 Å². The average molecular weight is 259 g/mol. The molecule has 2 amide bonds. The predicted octanol–water partition coefficient (Wildman–Crippen LogP) is 0.879. The van der Waals surface area contributed by atoms with Gasteiger partial charge in [-0.1, -0.05) is 0 Å². The Kier molecular flexibility index (Phi) is 8.11. The lowest BCUT2D eigenvalue weighted by Crippen LogP contribution is -2.42. The molecule has 106 valence electrons. The van der Waals surface area contributed by atoms with Gasteiger partial charge in [0.25, 0.3) is 0 Å². The summed E-state index contributed by atoms with van der Waals surface area (Å²) in [6, 6.07) is -0.175. The molecule has 0 saturated carbocycles. The first-order valence-electron chi connectivity index (χ1n) is 6.29. The van der Waals surface area contributed by atoms with Crippen LogP contribution in [0.5, 0.6) is 0 Å². The van der Waals surface area contributed by atoms with Crippen LogP contribution >= 0.6 is 0 Å². The molecule has 6 heteroatoms. The van der Waals surface area contributed by atoms with Crippen molar-refractivity contribution in [2.24, 2.45) is 0 Å².